The maximum Gasteiger partial charge on any atom is 0.305 e. The zero-order valence-electron chi connectivity index (χ0n) is 19.8. The van der Waals surface area contributed by atoms with Crippen molar-refractivity contribution in [1.82, 2.24) is 14.6 Å². The van der Waals surface area contributed by atoms with E-state index in [9.17, 15) is 24.2 Å². The molecule has 11 nitrogen and oxygen atoms in total. The average Bonchev–Trinajstić information content (AvgIpc) is 3.40. The number of rotatable bonds is 8. The molecule has 1 saturated heterocycles. The van der Waals surface area contributed by atoms with Crippen LogP contribution in [-0.4, -0.2) is 67.6 Å². The van der Waals surface area contributed by atoms with E-state index in [1.165, 1.54) is 23.0 Å². The molecule has 5 N–H and O–H groups in total. The molecule has 1 aromatic carbocycles. The molecule has 1 fully saturated rings. The molecular weight excluding hydrogens is 473 g/mol. The standard InChI is InChI=1S/C24H28FN5O6/c1-3-19(31)35-11-17-20(32)21(33)24(2,36-17)18-9-8-16-22(27-12-28-30(16)18)29-23(34)15(26)10-13-4-6-14(25)7-5-13/h4-9,12,15,17,20-21,32-33H,3,10-11,26H2,1-2H3,(H,27,28,29,34)/t15-,17+,20+,21+,24-/m0/s1. The molecule has 0 saturated carbocycles. The van der Waals surface area contributed by atoms with Gasteiger partial charge in [-0.3, -0.25) is 9.59 Å². The van der Waals surface area contributed by atoms with E-state index in [1.807, 2.05) is 0 Å². The van der Waals surface area contributed by atoms with Crippen LogP contribution in [0, 0.1) is 5.82 Å². The number of esters is 1. The molecule has 0 spiro atoms. The first kappa shape index (κ1) is 25.6. The minimum Gasteiger partial charge on any atom is -0.463 e. The number of nitrogens with one attached hydrogen (secondary N) is 1. The molecule has 1 aliphatic heterocycles. The van der Waals surface area contributed by atoms with Crippen molar-refractivity contribution >= 4 is 23.2 Å². The minimum atomic E-state index is -1.40. The quantitative estimate of drug-likeness (QED) is 0.325. The highest BCUT2D eigenvalue weighted by atomic mass is 19.1. The van der Waals surface area contributed by atoms with Crippen molar-refractivity contribution in [2.75, 3.05) is 11.9 Å². The Labute approximate surface area is 206 Å². The molecule has 5 atom stereocenters. The molecule has 12 heteroatoms. The fourth-order valence-electron chi connectivity index (χ4n) is 4.19. The molecule has 36 heavy (non-hydrogen) atoms. The van der Waals surface area contributed by atoms with Gasteiger partial charge in [0.1, 0.15) is 48.2 Å². The number of hydrogen-bond donors (Lipinski definition) is 4. The number of carbonyl (C=O) groups excluding carboxylic acids is 2. The van der Waals surface area contributed by atoms with Gasteiger partial charge in [0, 0.05) is 6.42 Å². The van der Waals surface area contributed by atoms with Gasteiger partial charge >= 0.3 is 5.97 Å². The van der Waals surface area contributed by atoms with E-state index in [1.54, 1.807) is 38.1 Å². The number of aliphatic hydroxyl groups excluding tert-OH is 2. The van der Waals surface area contributed by atoms with E-state index in [0.29, 0.717) is 16.8 Å². The highest BCUT2D eigenvalue weighted by Gasteiger charge is 2.54. The average molecular weight is 502 g/mol. The van der Waals surface area contributed by atoms with Crippen LogP contribution in [0.25, 0.3) is 5.52 Å². The lowest BCUT2D eigenvalue weighted by Crippen LogP contribution is -2.40. The number of nitrogens with zero attached hydrogens (tertiary/aromatic N) is 3. The number of carbonyl (C=O) groups is 2. The van der Waals surface area contributed by atoms with E-state index in [-0.39, 0.29) is 31.1 Å². The summed E-state index contributed by atoms with van der Waals surface area (Å²) in [5.74, 6) is -1.15. The summed E-state index contributed by atoms with van der Waals surface area (Å²) < 4.78 is 25.6. The zero-order chi connectivity index (χ0) is 26.0. The number of ether oxygens (including phenoxy) is 2. The maximum absolute atomic E-state index is 13.1. The molecule has 0 unspecified atom stereocenters. The number of halogens is 1. The molecule has 0 radical (unpaired) electrons. The molecule has 192 valence electrons. The zero-order valence-corrected chi connectivity index (χ0v) is 19.8. The Balaban J connectivity index is 1.53. The van der Waals surface area contributed by atoms with Crippen molar-refractivity contribution in [2.24, 2.45) is 5.73 Å². The van der Waals surface area contributed by atoms with Crippen LogP contribution < -0.4 is 11.1 Å². The molecule has 4 rings (SSSR count). The van der Waals surface area contributed by atoms with Gasteiger partial charge in [-0.05, 0) is 43.2 Å². The third kappa shape index (κ3) is 4.93. The predicted molar refractivity (Wildman–Crippen MR) is 125 cm³/mol. The number of aliphatic hydroxyl groups is 2. The number of amides is 1. The topological polar surface area (TPSA) is 161 Å². The van der Waals surface area contributed by atoms with Gasteiger partial charge in [-0.2, -0.15) is 5.10 Å². The second-order valence-electron chi connectivity index (χ2n) is 8.79. The van der Waals surface area contributed by atoms with Crippen LogP contribution in [0.5, 0.6) is 0 Å². The van der Waals surface area contributed by atoms with Gasteiger partial charge in [0.15, 0.2) is 5.82 Å². The Kier molecular flexibility index (Phi) is 7.31. The lowest BCUT2D eigenvalue weighted by atomic mass is 9.93. The first-order valence-electron chi connectivity index (χ1n) is 11.5. The first-order valence-corrected chi connectivity index (χ1v) is 11.5. The fraction of sp³-hybridized carbons (Fsp3) is 0.417. The van der Waals surface area contributed by atoms with Gasteiger partial charge in [0.05, 0.1) is 11.7 Å². The molecule has 3 aromatic rings. The second-order valence-corrected chi connectivity index (χ2v) is 8.79. The second kappa shape index (κ2) is 10.3. The van der Waals surface area contributed by atoms with E-state index in [4.69, 9.17) is 15.2 Å². The van der Waals surface area contributed by atoms with E-state index in [0.717, 1.165) is 0 Å². The van der Waals surface area contributed by atoms with E-state index >= 15 is 0 Å². The summed E-state index contributed by atoms with van der Waals surface area (Å²) in [5.41, 5.74) is 6.14. The number of nitrogens with two attached hydrogens (primary N) is 1. The lowest BCUT2D eigenvalue weighted by molar-refractivity contribution is -0.151. The Morgan fingerprint density at radius 3 is 2.69 bits per heavy atom. The van der Waals surface area contributed by atoms with E-state index in [2.05, 4.69) is 15.4 Å². The molecule has 1 aliphatic rings. The number of anilines is 1. The summed E-state index contributed by atoms with van der Waals surface area (Å²) in [4.78, 5) is 28.4. The van der Waals surface area contributed by atoms with Crippen molar-refractivity contribution < 1.29 is 33.7 Å². The lowest BCUT2D eigenvalue weighted by Gasteiger charge is -2.27. The van der Waals surface area contributed by atoms with Gasteiger partial charge in [-0.15, -0.1) is 0 Å². The molecular formula is C24H28FN5O6. The van der Waals surface area contributed by atoms with Gasteiger partial charge < -0.3 is 30.7 Å². The Hall–Kier alpha value is -3.45. The van der Waals surface area contributed by atoms with Crippen LogP contribution in [0.1, 0.15) is 31.5 Å². The third-order valence-electron chi connectivity index (χ3n) is 6.27. The minimum absolute atomic E-state index is 0.172. The number of benzene rings is 1. The van der Waals surface area contributed by atoms with Crippen LogP contribution in [0.3, 0.4) is 0 Å². The molecule has 0 aliphatic carbocycles. The molecule has 3 heterocycles. The number of aromatic nitrogens is 3. The Bertz CT molecular complexity index is 1250. The number of fused-ring (bicyclic) bond motifs is 1. The maximum atomic E-state index is 13.1. The Morgan fingerprint density at radius 2 is 2.00 bits per heavy atom. The third-order valence-corrected chi connectivity index (χ3v) is 6.27. The summed E-state index contributed by atoms with van der Waals surface area (Å²) in [6.45, 7) is 3.01. The van der Waals surface area contributed by atoms with Crippen LogP contribution in [0.2, 0.25) is 0 Å². The van der Waals surface area contributed by atoms with Crippen molar-refractivity contribution in [1.29, 1.82) is 0 Å². The van der Waals surface area contributed by atoms with Crippen molar-refractivity contribution in [3.63, 3.8) is 0 Å². The van der Waals surface area contributed by atoms with Crippen molar-refractivity contribution in [3.8, 4) is 0 Å². The predicted octanol–water partition coefficient (Wildman–Crippen LogP) is 0.666. The monoisotopic (exact) mass is 501 g/mol. The largest absolute Gasteiger partial charge is 0.463 e. The highest BCUT2D eigenvalue weighted by molar-refractivity contribution is 5.97. The van der Waals surface area contributed by atoms with Gasteiger partial charge in [-0.1, -0.05) is 19.1 Å². The summed E-state index contributed by atoms with van der Waals surface area (Å²) >= 11 is 0. The normalized spacial score (nSPS) is 24.6. The van der Waals surface area contributed by atoms with Crippen LogP contribution >= 0.6 is 0 Å². The summed E-state index contributed by atoms with van der Waals surface area (Å²) in [7, 11) is 0. The van der Waals surface area contributed by atoms with E-state index < -0.39 is 41.8 Å². The van der Waals surface area contributed by atoms with Crippen LogP contribution in [0.15, 0.2) is 42.7 Å². The fourth-order valence-corrected chi connectivity index (χ4v) is 4.19. The van der Waals surface area contributed by atoms with Crippen LogP contribution in [-0.2, 0) is 31.1 Å². The highest BCUT2D eigenvalue weighted by Crippen LogP contribution is 2.40. The molecule has 2 aromatic heterocycles. The summed E-state index contributed by atoms with van der Waals surface area (Å²) in [5, 5.41) is 28.2. The summed E-state index contributed by atoms with van der Waals surface area (Å²) in [6.07, 6.45) is -2.02. The first-order chi connectivity index (χ1) is 17.1. The van der Waals surface area contributed by atoms with Crippen molar-refractivity contribution in [3.05, 3.63) is 59.8 Å². The molecule has 0 bridgehead atoms. The Morgan fingerprint density at radius 1 is 1.28 bits per heavy atom. The number of hydrogen-bond acceptors (Lipinski definition) is 9. The van der Waals surface area contributed by atoms with Gasteiger partial charge in [0.2, 0.25) is 5.91 Å². The van der Waals surface area contributed by atoms with Gasteiger partial charge in [-0.25, -0.2) is 13.9 Å². The SMILES string of the molecule is CCC(=O)OC[C@H]1O[C@@](C)(c2ccc3c(NC(=O)[C@@H](N)Cc4ccc(F)cc4)ncnn23)[C@H](O)[C@@H]1O. The smallest absolute Gasteiger partial charge is 0.305 e. The van der Waals surface area contributed by atoms with Crippen molar-refractivity contribution in [2.45, 2.75) is 56.6 Å². The van der Waals surface area contributed by atoms with Crippen LogP contribution in [0.4, 0.5) is 10.2 Å². The molecule has 1 amide bonds. The summed E-state index contributed by atoms with van der Waals surface area (Å²) in [6, 6.07) is 8.06. The van der Waals surface area contributed by atoms with Gasteiger partial charge in [0.25, 0.3) is 0 Å².